The monoisotopic (exact) mass is 416 g/mol. The average molecular weight is 416 g/mol. The van der Waals surface area contributed by atoms with Gasteiger partial charge < -0.3 is 10.6 Å². The molecule has 0 aliphatic carbocycles. The van der Waals surface area contributed by atoms with E-state index in [1.165, 1.54) is 18.3 Å². The second kappa shape index (κ2) is 7.55. The van der Waals surface area contributed by atoms with Crippen molar-refractivity contribution >= 4 is 23.7 Å². The van der Waals surface area contributed by atoms with Gasteiger partial charge in [-0.05, 0) is 31.0 Å². The van der Waals surface area contributed by atoms with Crippen LogP contribution in [0.15, 0.2) is 35.5 Å². The minimum Gasteiger partial charge on any atom is -0.367 e. The molecule has 4 rings (SSSR count). The van der Waals surface area contributed by atoms with Crippen LogP contribution in [0, 0.1) is 0 Å². The summed E-state index contributed by atoms with van der Waals surface area (Å²) in [6, 6.07) is 4.10. The summed E-state index contributed by atoms with van der Waals surface area (Å²) in [5.41, 5.74) is 1.17. The highest BCUT2D eigenvalue weighted by molar-refractivity contribution is 6.15. The van der Waals surface area contributed by atoms with E-state index in [1.54, 1.807) is 13.1 Å². The Morgan fingerprint density at radius 1 is 1.20 bits per heavy atom. The molecule has 30 heavy (non-hydrogen) atoms. The molecule has 0 radical (unpaired) electrons. The van der Waals surface area contributed by atoms with Crippen LogP contribution in [0.2, 0.25) is 0 Å². The zero-order valence-electron chi connectivity index (χ0n) is 16.1. The summed E-state index contributed by atoms with van der Waals surface area (Å²) in [6.45, 7) is 2.09. The van der Waals surface area contributed by atoms with Gasteiger partial charge in [0, 0.05) is 42.5 Å². The van der Waals surface area contributed by atoms with Crippen molar-refractivity contribution in [2.45, 2.75) is 38.0 Å². The van der Waals surface area contributed by atoms with E-state index >= 15 is 0 Å². The molecule has 3 heterocycles. The van der Waals surface area contributed by atoms with Gasteiger partial charge in [-0.25, -0.2) is 4.98 Å². The molecule has 6 nitrogen and oxygen atoms in total. The molecular formula is C21H19F3N4O2. The number of benzene rings is 1. The molecule has 156 valence electrons. The Balaban J connectivity index is 1.69. The lowest BCUT2D eigenvalue weighted by atomic mass is 9.91. The number of Topliss-reactive ketones (excluding diaryl/α,β-unsaturated/α-hetero) is 1. The SMILES string of the molecule is CC1N=Cc2c(-c3ccc(C(F)(F)F)cc3)cnc(NCC3CCC(=O)N3)c2C1=O. The highest BCUT2D eigenvalue weighted by Gasteiger charge is 2.31. The van der Waals surface area contributed by atoms with Crippen LogP contribution in [-0.4, -0.2) is 41.5 Å². The Hall–Kier alpha value is -3.23. The Bertz CT molecular complexity index is 1030. The molecule has 1 aromatic heterocycles. The molecule has 9 heteroatoms. The maximum Gasteiger partial charge on any atom is 0.416 e. The second-order valence-electron chi connectivity index (χ2n) is 7.39. The number of fused-ring (bicyclic) bond motifs is 1. The van der Waals surface area contributed by atoms with Crippen LogP contribution in [0.5, 0.6) is 0 Å². The van der Waals surface area contributed by atoms with E-state index in [0.717, 1.165) is 12.1 Å². The van der Waals surface area contributed by atoms with Gasteiger partial charge in [0.2, 0.25) is 5.91 Å². The Morgan fingerprint density at radius 2 is 1.93 bits per heavy atom. The van der Waals surface area contributed by atoms with Crippen LogP contribution in [0.4, 0.5) is 19.0 Å². The third-order valence-electron chi connectivity index (χ3n) is 5.30. The number of amides is 1. The van der Waals surface area contributed by atoms with Gasteiger partial charge in [0.05, 0.1) is 11.1 Å². The molecule has 2 atom stereocenters. The number of nitrogens with zero attached hydrogens (tertiary/aromatic N) is 2. The maximum atomic E-state index is 12.9. The quantitative estimate of drug-likeness (QED) is 0.800. The van der Waals surface area contributed by atoms with Crippen molar-refractivity contribution in [3.05, 3.63) is 47.2 Å². The van der Waals surface area contributed by atoms with Crippen molar-refractivity contribution < 1.29 is 22.8 Å². The van der Waals surface area contributed by atoms with Gasteiger partial charge in [-0.1, -0.05) is 12.1 Å². The lowest BCUT2D eigenvalue weighted by Gasteiger charge is -2.22. The first-order valence-electron chi connectivity index (χ1n) is 9.55. The van der Waals surface area contributed by atoms with Crippen LogP contribution < -0.4 is 10.6 Å². The summed E-state index contributed by atoms with van der Waals surface area (Å²) in [5, 5.41) is 5.98. The molecule has 2 N–H and O–H groups in total. The molecule has 1 saturated heterocycles. The summed E-state index contributed by atoms with van der Waals surface area (Å²) in [6.07, 6.45) is -0.172. The highest BCUT2D eigenvalue weighted by Crippen LogP contribution is 2.34. The van der Waals surface area contributed by atoms with E-state index in [1.807, 2.05) is 0 Å². The second-order valence-corrected chi connectivity index (χ2v) is 7.39. The summed E-state index contributed by atoms with van der Waals surface area (Å²) in [7, 11) is 0. The normalized spacial score (nSPS) is 20.8. The number of carbonyl (C=O) groups excluding carboxylic acids is 2. The first kappa shape index (κ1) is 20.1. The summed E-state index contributed by atoms with van der Waals surface area (Å²) in [5.74, 6) is 0.155. The van der Waals surface area contributed by atoms with E-state index in [4.69, 9.17) is 0 Å². The molecule has 0 bridgehead atoms. The fourth-order valence-electron chi connectivity index (χ4n) is 3.63. The van der Waals surface area contributed by atoms with Crippen molar-refractivity contribution in [1.29, 1.82) is 0 Å². The summed E-state index contributed by atoms with van der Waals surface area (Å²) in [4.78, 5) is 32.8. The molecule has 2 aliphatic rings. The lowest BCUT2D eigenvalue weighted by Crippen LogP contribution is -2.33. The van der Waals surface area contributed by atoms with E-state index in [2.05, 4.69) is 20.6 Å². The van der Waals surface area contributed by atoms with Gasteiger partial charge in [0.25, 0.3) is 0 Å². The largest absolute Gasteiger partial charge is 0.416 e. The Morgan fingerprint density at radius 3 is 2.57 bits per heavy atom. The van der Waals surface area contributed by atoms with Gasteiger partial charge >= 0.3 is 6.18 Å². The molecule has 2 unspecified atom stereocenters. The molecule has 0 spiro atoms. The van der Waals surface area contributed by atoms with Crippen molar-refractivity contribution in [3.8, 4) is 11.1 Å². The van der Waals surface area contributed by atoms with Gasteiger partial charge in [0.15, 0.2) is 5.78 Å². The van der Waals surface area contributed by atoms with Gasteiger partial charge in [-0.2, -0.15) is 13.2 Å². The van der Waals surface area contributed by atoms with Crippen molar-refractivity contribution in [2.24, 2.45) is 4.99 Å². The summed E-state index contributed by atoms with van der Waals surface area (Å²) < 4.78 is 38.6. The zero-order chi connectivity index (χ0) is 21.5. The van der Waals surface area contributed by atoms with E-state index in [9.17, 15) is 22.8 Å². The number of anilines is 1. The smallest absolute Gasteiger partial charge is 0.367 e. The number of carbonyl (C=O) groups is 2. The van der Waals surface area contributed by atoms with E-state index < -0.39 is 17.8 Å². The number of aromatic nitrogens is 1. The Kier molecular flexibility index (Phi) is 5.05. The standard InChI is InChI=1S/C21H19F3N4O2/c1-11-19(30)18-16(10-25-11)15(12-2-4-13(5-3-12)21(22,23)24)9-27-20(18)26-8-14-6-7-17(29)28-14/h2-5,9-11,14H,6-8H2,1H3,(H,26,27)(H,28,29). The number of ketones is 1. The minimum absolute atomic E-state index is 0.00808. The van der Waals surface area contributed by atoms with Crippen LogP contribution in [0.1, 0.15) is 41.3 Å². The molecule has 1 aromatic carbocycles. The van der Waals surface area contributed by atoms with Crippen molar-refractivity contribution in [2.75, 3.05) is 11.9 Å². The minimum atomic E-state index is -4.42. The number of halogens is 3. The van der Waals surface area contributed by atoms with Crippen molar-refractivity contribution in [3.63, 3.8) is 0 Å². The first-order chi connectivity index (χ1) is 14.2. The third kappa shape index (κ3) is 3.79. The zero-order valence-corrected chi connectivity index (χ0v) is 16.1. The number of aliphatic imine (C=N–C) groups is 1. The third-order valence-corrected chi connectivity index (χ3v) is 5.30. The molecule has 1 fully saturated rings. The summed E-state index contributed by atoms with van der Waals surface area (Å²) >= 11 is 0. The lowest BCUT2D eigenvalue weighted by molar-refractivity contribution is -0.137. The number of alkyl halides is 3. The molecular weight excluding hydrogens is 397 g/mol. The molecule has 1 amide bonds. The number of nitrogens with one attached hydrogen (secondary N) is 2. The predicted molar refractivity (Wildman–Crippen MR) is 106 cm³/mol. The molecule has 2 aromatic rings. The van der Waals surface area contributed by atoms with Crippen LogP contribution in [0.25, 0.3) is 11.1 Å². The van der Waals surface area contributed by atoms with Gasteiger partial charge in [0.1, 0.15) is 11.9 Å². The maximum absolute atomic E-state index is 12.9. The topological polar surface area (TPSA) is 83.4 Å². The number of pyridine rings is 1. The molecule has 0 saturated carbocycles. The Labute approximate surface area is 170 Å². The van der Waals surface area contributed by atoms with Gasteiger partial charge in [-0.15, -0.1) is 0 Å². The number of hydrogen-bond acceptors (Lipinski definition) is 5. The fourth-order valence-corrected chi connectivity index (χ4v) is 3.63. The van der Waals surface area contributed by atoms with Gasteiger partial charge in [-0.3, -0.25) is 14.6 Å². The first-order valence-corrected chi connectivity index (χ1v) is 9.55. The average Bonchev–Trinajstić information content (AvgIpc) is 3.13. The molecule has 2 aliphatic heterocycles. The predicted octanol–water partition coefficient (Wildman–Crippen LogP) is 3.46. The number of rotatable bonds is 4. The highest BCUT2D eigenvalue weighted by atomic mass is 19.4. The van der Waals surface area contributed by atoms with E-state index in [-0.39, 0.29) is 17.7 Å². The number of hydrogen-bond donors (Lipinski definition) is 2. The van der Waals surface area contributed by atoms with Crippen LogP contribution in [-0.2, 0) is 11.0 Å². The van der Waals surface area contributed by atoms with Crippen molar-refractivity contribution in [1.82, 2.24) is 10.3 Å². The van der Waals surface area contributed by atoms with Crippen LogP contribution >= 0.6 is 0 Å². The fraction of sp³-hybridized carbons (Fsp3) is 0.333. The van der Waals surface area contributed by atoms with Crippen LogP contribution in [0.3, 0.4) is 0 Å². The van der Waals surface area contributed by atoms with E-state index in [0.29, 0.717) is 47.5 Å².